The molecule has 0 aromatic heterocycles. The lowest BCUT2D eigenvalue weighted by atomic mass is 9.85. The van der Waals surface area contributed by atoms with Crippen LogP contribution in [0.15, 0.2) is 108 Å². The molecule has 56 heavy (non-hydrogen) atoms. The summed E-state index contributed by atoms with van der Waals surface area (Å²) >= 11 is 0. The molecule has 0 radical (unpaired) electrons. The van der Waals surface area contributed by atoms with Gasteiger partial charge in [0.25, 0.3) is 0 Å². The molecule has 5 aromatic rings. The molecule has 12 heteroatoms. The Kier molecular flexibility index (Phi) is 9.38. The molecule has 0 saturated heterocycles. The zero-order valence-corrected chi connectivity index (χ0v) is 30.8. The van der Waals surface area contributed by atoms with Crippen LogP contribution in [-0.4, -0.2) is 50.0 Å². The summed E-state index contributed by atoms with van der Waals surface area (Å²) < 4.78 is 44.6. The highest BCUT2D eigenvalue weighted by Gasteiger charge is 2.37. The summed E-state index contributed by atoms with van der Waals surface area (Å²) in [5.74, 6) is 2.48. The van der Waals surface area contributed by atoms with Crippen molar-refractivity contribution in [1.82, 2.24) is 0 Å². The van der Waals surface area contributed by atoms with Crippen LogP contribution in [0.1, 0.15) is 51.2 Å². The van der Waals surface area contributed by atoms with E-state index in [4.69, 9.17) is 37.9 Å². The molecule has 12 nitrogen and oxygen atoms in total. The SMILES string of the molecule is COC1=C(C(=O)O)[C@@H](c2ccc3c(c2)OCO3)Oc2ccc(C)cc21.COc1ccc(C2=C(C(=O)O)[C@@H](c3ccc4c(c3)OCO4)Oc3ccc(C)cc32)cc1. The van der Waals surface area contributed by atoms with Crippen molar-refractivity contribution < 1.29 is 57.7 Å². The Morgan fingerprint density at radius 1 is 0.554 bits per heavy atom. The second-order valence-electron chi connectivity index (χ2n) is 13.3. The topological polar surface area (TPSA) is 148 Å². The third kappa shape index (κ3) is 6.55. The van der Waals surface area contributed by atoms with Crippen LogP contribution in [0.4, 0.5) is 0 Å². The highest BCUT2D eigenvalue weighted by Crippen LogP contribution is 2.48. The van der Waals surface area contributed by atoms with Gasteiger partial charge in [0.2, 0.25) is 13.6 Å². The Balaban J connectivity index is 0.000000161. The first-order chi connectivity index (χ1) is 27.1. The lowest BCUT2D eigenvalue weighted by molar-refractivity contribution is -0.134. The maximum absolute atomic E-state index is 12.6. The van der Waals surface area contributed by atoms with Crippen molar-refractivity contribution in [2.24, 2.45) is 0 Å². The third-order valence-corrected chi connectivity index (χ3v) is 9.75. The smallest absolute Gasteiger partial charge is 0.339 e. The second-order valence-corrected chi connectivity index (χ2v) is 13.3. The number of fused-ring (bicyclic) bond motifs is 4. The van der Waals surface area contributed by atoms with Crippen LogP contribution >= 0.6 is 0 Å². The van der Waals surface area contributed by atoms with E-state index in [1.54, 1.807) is 37.4 Å². The summed E-state index contributed by atoms with van der Waals surface area (Å²) in [5, 5.41) is 20.1. The van der Waals surface area contributed by atoms with Gasteiger partial charge in [-0.1, -0.05) is 47.5 Å². The monoisotopic (exact) mass is 756 g/mol. The van der Waals surface area contributed by atoms with Gasteiger partial charge in [-0.2, -0.15) is 0 Å². The molecule has 9 rings (SSSR count). The van der Waals surface area contributed by atoms with E-state index >= 15 is 0 Å². The Hall–Kier alpha value is -7.08. The van der Waals surface area contributed by atoms with Gasteiger partial charge in [-0.3, -0.25) is 0 Å². The minimum absolute atomic E-state index is 0.0551. The van der Waals surface area contributed by atoms with Gasteiger partial charge in [0.05, 0.1) is 25.4 Å². The van der Waals surface area contributed by atoms with E-state index < -0.39 is 24.1 Å². The first-order valence-corrected chi connectivity index (χ1v) is 17.6. The molecule has 0 saturated carbocycles. The molecule has 4 aliphatic rings. The summed E-state index contributed by atoms with van der Waals surface area (Å²) in [6, 6.07) is 29.4. The number of aryl methyl sites for hydroxylation is 2. The van der Waals surface area contributed by atoms with Crippen LogP contribution in [0.3, 0.4) is 0 Å². The number of benzene rings is 5. The molecule has 0 aliphatic carbocycles. The van der Waals surface area contributed by atoms with Crippen LogP contribution < -0.4 is 33.2 Å². The van der Waals surface area contributed by atoms with Crippen molar-refractivity contribution in [3.8, 4) is 40.2 Å². The van der Waals surface area contributed by atoms with Crippen LogP contribution in [-0.2, 0) is 14.3 Å². The quantitative estimate of drug-likeness (QED) is 0.166. The Labute approximate surface area is 321 Å². The van der Waals surface area contributed by atoms with Crippen molar-refractivity contribution in [2.45, 2.75) is 26.1 Å². The van der Waals surface area contributed by atoms with Crippen LogP contribution in [0.5, 0.6) is 40.2 Å². The van der Waals surface area contributed by atoms with Crippen LogP contribution in [0, 0.1) is 13.8 Å². The van der Waals surface area contributed by atoms with Crippen molar-refractivity contribution in [1.29, 1.82) is 0 Å². The van der Waals surface area contributed by atoms with E-state index in [1.807, 2.05) is 80.6 Å². The number of methoxy groups -OCH3 is 2. The number of aliphatic carboxylic acids is 2. The first kappa shape index (κ1) is 35.9. The van der Waals surface area contributed by atoms with Crippen LogP contribution in [0.2, 0.25) is 0 Å². The van der Waals surface area contributed by atoms with Gasteiger partial charge >= 0.3 is 11.9 Å². The van der Waals surface area contributed by atoms with Gasteiger partial charge in [0.15, 0.2) is 35.2 Å². The summed E-state index contributed by atoms with van der Waals surface area (Å²) in [7, 11) is 3.06. The minimum atomic E-state index is -1.09. The van der Waals surface area contributed by atoms with E-state index in [0.29, 0.717) is 68.3 Å². The lowest BCUT2D eigenvalue weighted by Gasteiger charge is -2.30. The Morgan fingerprint density at radius 2 is 1.04 bits per heavy atom. The maximum atomic E-state index is 12.6. The predicted molar refractivity (Wildman–Crippen MR) is 202 cm³/mol. The molecule has 284 valence electrons. The van der Waals surface area contributed by atoms with Crippen molar-refractivity contribution in [3.05, 3.63) is 147 Å². The highest BCUT2D eigenvalue weighted by molar-refractivity contribution is 6.04. The normalized spacial score (nSPS) is 17.1. The molecule has 0 unspecified atom stereocenters. The average molecular weight is 757 g/mol. The van der Waals surface area contributed by atoms with Gasteiger partial charge in [0, 0.05) is 22.3 Å². The summed E-state index contributed by atoms with van der Waals surface area (Å²) in [6.45, 7) is 4.19. The van der Waals surface area contributed by atoms with Gasteiger partial charge in [-0.15, -0.1) is 0 Å². The zero-order chi connectivity index (χ0) is 39.1. The molecule has 0 fully saturated rings. The number of carboxylic acid groups (broad SMARTS) is 2. The van der Waals surface area contributed by atoms with Crippen molar-refractivity contribution >= 4 is 23.3 Å². The van der Waals surface area contributed by atoms with E-state index in [-0.39, 0.29) is 24.7 Å². The standard InChI is InChI=1S/C25H20O6.C19H16O6/c1-14-3-9-19-18(11-14)22(15-4-7-17(28-2)8-5-15)23(25(26)27)24(31-19)16-6-10-20-21(12-16)30-13-29-20;1-10-3-5-13-12(7-10)18(22-2)16(19(20)21)17(25-13)11-4-6-14-15(8-11)24-9-23-14/h3-12,24H,13H2,1-2H3,(H,26,27);3-8,17H,9H2,1-2H3,(H,20,21)/t24-;17-/m11/s1. The predicted octanol–water partition coefficient (Wildman–Crippen LogP) is 8.05. The molecule has 0 spiro atoms. The van der Waals surface area contributed by atoms with E-state index in [9.17, 15) is 19.8 Å². The van der Waals surface area contributed by atoms with E-state index in [0.717, 1.165) is 22.3 Å². The number of hydrogen-bond donors (Lipinski definition) is 2. The highest BCUT2D eigenvalue weighted by atomic mass is 16.7. The van der Waals surface area contributed by atoms with E-state index in [1.165, 1.54) is 7.11 Å². The molecular formula is C44H36O12. The van der Waals surface area contributed by atoms with E-state index in [2.05, 4.69) is 0 Å². The Morgan fingerprint density at radius 3 is 1.55 bits per heavy atom. The molecule has 0 amide bonds. The summed E-state index contributed by atoms with van der Waals surface area (Å²) in [5.41, 5.74) is 6.35. The first-order valence-electron chi connectivity index (χ1n) is 17.6. The molecule has 2 N–H and O–H groups in total. The summed E-state index contributed by atoms with van der Waals surface area (Å²) in [4.78, 5) is 24.5. The molecule has 5 aromatic carbocycles. The second kappa shape index (κ2) is 14.6. The molecule has 4 aliphatic heterocycles. The molecule has 2 atom stereocenters. The lowest BCUT2D eigenvalue weighted by Crippen LogP contribution is -2.23. The Bertz CT molecular complexity index is 2450. The number of hydrogen-bond acceptors (Lipinski definition) is 10. The van der Waals surface area contributed by atoms with Gasteiger partial charge < -0.3 is 48.1 Å². The van der Waals surface area contributed by atoms with Crippen molar-refractivity contribution in [2.75, 3.05) is 27.8 Å². The summed E-state index contributed by atoms with van der Waals surface area (Å²) in [6.07, 6.45) is -1.61. The maximum Gasteiger partial charge on any atom is 0.339 e. The fourth-order valence-corrected chi connectivity index (χ4v) is 7.12. The van der Waals surface area contributed by atoms with Crippen LogP contribution in [0.25, 0.3) is 11.3 Å². The number of rotatable bonds is 7. The third-order valence-electron chi connectivity index (χ3n) is 9.75. The molecule has 4 heterocycles. The fourth-order valence-electron chi connectivity index (χ4n) is 7.12. The zero-order valence-electron chi connectivity index (χ0n) is 30.8. The van der Waals surface area contributed by atoms with Gasteiger partial charge in [-0.25, -0.2) is 9.59 Å². The fraction of sp³-hybridized carbons (Fsp3) is 0.182. The average Bonchev–Trinajstić information content (AvgIpc) is 3.89. The minimum Gasteiger partial charge on any atom is -0.497 e. The number of ether oxygens (including phenoxy) is 8. The number of carbonyl (C=O) groups is 2. The molecular weight excluding hydrogens is 720 g/mol. The number of carboxylic acids is 2. The molecule has 0 bridgehead atoms. The van der Waals surface area contributed by atoms with Gasteiger partial charge in [0.1, 0.15) is 28.6 Å². The largest absolute Gasteiger partial charge is 0.497 e. The van der Waals surface area contributed by atoms with Crippen molar-refractivity contribution in [3.63, 3.8) is 0 Å². The van der Waals surface area contributed by atoms with Gasteiger partial charge in [-0.05, 0) is 80.1 Å².